The van der Waals surface area contributed by atoms with E-state index in [1.54, 1.807) is 19.1 Å². The van der Waals surface area contributed by atoms with Crippen molar-refractivity contribution in [2.24, 2.45) is 5.73 Å². The number of nitrogens with two attached hydrogens (primary N) is 1. The fraction of sp³-hybridized carbons (Fsp3) is 0.200. The first-order chi connectivity index (χ1) is 6.92. The third kappa shape index (κ3) is 1.69. The van der Waals surface area contributed by atoms with Gasteiger partial charge in [-0.25, -0.2) is 8.42 Å². The van der Waals surface area contributed by atoms with Crippen LogP contribution in [0.2, 0.25) is 5.02 Å². The molecule has 1 atom stereocenters. The van der Waals surface area contributed by atoms with E-state index in [1.807, 2.05) is 0 Å². The minimum atomic E-state index is -3.32. The van der Waals surface area contributed by atoms with Gasteiger partial charge in [0.2, 0.25) is 9.84 Å². The van der Waals surface area contributed by atoms with E-state index in [0.717, 1.165) is 0 Å². The highest BCUT2D eigenvalue weighted by atomic mass is 35.5. The molecule has 0 saturated heterocycles. The fourth-order valence-corrected chi connectivity index (χ4v) is 3.34. The van der Waals surface area contributed by atoms with Crippen molar-refractivity contribution in [3.8, 4) is 0 Å². The van der Waals surface area contributed by atoms with Crippen molar-refractivity contribution in [1.29, 1.82) is 0 Å². The number of benzene rings is 1. The third-order valence-corrected chi connectivity index (χ3v) is 4.10. The van der Waals surface area contributed by atoms with Crippen LogP contribution in [0.1, 0.15) is 12.5 Å². The van der Waals surface area contributed by atoms with Gasteiger partial charge in [0, 0.05) is 22.0 Å². The lowest BCUT2D eigenvalue weighted by atomic mass is 10.0. The van der Waals surface area contributed by atoms with Crippen LogP contribution in [0.25, 0.3) is 5.57 Å². The van der Waals surface area contributed by atoms with Gasteiger partial charge >= 0.3 is 0 Å². The van der Waals surface area contributed by atoms with Crippen LogP contribution in [0, 0.1) is 0 Å². The number of hydrogen-bond donors (Lipinski definition) is 1. The second-order valence-electron chi connectivity index (χ2n) is 3.55. The second-order valence-corrected chi connectivity index (χ2v) is 5.75. The summed E-state index contributed by atoms with van der Waals surface area (Å²) in [6.45, 7) is 1.75. The zero-order valence-electron chi connectivity index (χ0n) is 8.07. The molecule has 1 aromatic carbocycles. The Bertz CT molecular complexity index is 547. The van der Waals surface area contributed by atoms with Crippen molar-refractivity contribution < 1.29 is 8.42 Å². The highest BCUT2D eigenvalue weighted by molar-refractivity contribution is 7.95. The van der Waals surface area contributed by atoms with Crippen LogP contribution in [-0.2, 0) is 9.84 Å². The number of hydrogen-bond acceptors (Lipinski definition) is 3. The van der Waals surface area contributed by atoms with Gasteiger partial charge in [0.05, 0.1) is 4.90 Å². The molecule has 0 aromatic heterocycles. The van der Waals surface area contributed by atoms with Gasteiger partial charge in [0.1, 0.15) is 0 Å². The highest BCUT2D eigenvalue weighted by Gasteiger charge is 2.28. The summed E-state index contributed by atoms with van der Waals surface area (Å²) in [4.78, 5) is 0.291. The fourth-order valence-electron chi connectivity index (χ4n) is 1.62. The lowest BCUT2D eigenvalue weighted by molar-refractivity contribution is 0.605. The summed E-state index contributed by atoms with van der Waals surface area (Å²) in [6.07, 6.45) is 0. The van der Waals surface area contributed by atoms with Crippen LogP contribution >= 0.6 is 11.6 Å². The lowest BCUT2D eigenvalue weighted by Gasteiger charge is -2.07. The molecule has 2 rings (SSSR count). The first kappa shape index (κ1) is 10.7. The zero-order valence-corrected chi connectivity index (χ0v) is 9.64. The Morgan fingerprint density at radius 1 is 1.40 bits per heavy atom. The summed E-state index contributed by atoms with van der Waals surface area (Å²) in [5.41, 5.74) is 6.95. The van der Waals surface area contributed by atoms with Crippen LogP contribution in [0.4, 0.5) is 0 Å². The van der Waals surface area contributed by atoms with Gasteiger partial charge in [0.15, 0.2) is 0 Å². The first-order valence-corrected chi connectivity index (χ1v) is 6.36. The van der Waals surface area contributed by atoms with E-state index in [2.05, 4.69) is 0 Å². The van der Waals surface area contributed by atoms with Gasteiger partial charge in [-0.15, -0.1) is 0 Å². The normalized spacial score (nSPS) is 19.5. The smallest absolute Gasteiger partial charge is 0.200 e. The standard InChI is InChI=1S/C10H10ClNO2S/c1-6(12)9-5-15(13,14)10-3-2-7(11)4-8(9)10/h2-6H,12H2,1H3. The van der Waals surface area contributed by atoms with E-state index in [0.29, 0.717) is 21.1 Å². The predicted molar refractivity (Wildman–Crippen MR) is 60.3 cm³/mol. The maximum Gasteiger partial charge on any atom is 0.200 e. The number of rotatable bonds is 1. The van der Waals surface area contributed by atoms with E-state index in [-0.39, 0.29) is 6.04 Å². The van der Waals surface area contributed by atoms with Crippen LogP contribution in [0.15, 0.2) is 28.5 Å². The molecule has 1 heterocycles. The number of halogens is 1. The molecule has 0 bridgehead atoms. The molecule has 0 aliphatic carbocycles. The zero-order chi connectivity index (χ0) is 11.2. The molecule has 0 spiro atoms. The van der Waals surface area contributed by atoms with Crippen LogP contribution in [0.3, 0.4) is 0 Å². The van der Waals surface area contributed by atoms with Crippen molar-refractivity contribution >= 4 is 27.0 Å². The van der Waals surface area contributed by atoms with Gasteiger partial charge in [-0.3, -0.25) is 0 Å². The quantitative estimate of drug-likeness (QED) is 0.819. The van der Waals surface area contributed by atoms with Gasteiger partial charge < -0.3 is 5.73 Å². The molecule has 1 unspecified atom stereocenters. The van der Waals surface area contributed by atoms with Crippen molar-refractivity contribution in [1.82, 2.24) is 0 Å². The molecule has 0 fully saturated rings. The summed E-state index contributed by atoms with van der Waals surface area (Å²) in [5, 5.41) is 1.73. The Kier molecular flexibility index (Phi) is 2.37. The van der Waals surface area contributed by atoms with Crippen LogP contribution in [-0.4, -0.2) is 14.5 Å². The summed E-state index contributed by atoms with van der Waals surface area (Å²) in [7, 11) is -3.32. The Morgan fingerprint density at radius 2 is 2.07 bits per heavy atom. The molecular weight excluding hydrogens is 234 g/mol. The van der Waals surface area contributed by atoms with E-state index < -0.39 is 9.84 Å². The summed E-state index contributed by atoms with van der Waals surface area (Å²) < 4.78 is 23.4. The number of sulfone groups is 1. The van der Waals surface area contributed by atoms with Crippen molar-refractivity contribution in [2.75, 3.05) is 0 Å². The molecule has 5 heteroatoms. The Morgan fingerprint density at radius 3 is 2.67 bits per heavy atom. The summed E-state index contributed by atoms with van der Waals surface area (Å²) >= 11 is 5.82. The average molecular weight is 244 g/mol. The minimum absolute atomic E-state index is 0.291. The SMILES string of the molecule is CC(N)C1=CS(=O)(=O)c2ccc(Cl)cc21. The van der Waals surface area contributed by atoms with E-state index in [1.165, 1.54) is 11.5 Å². The van der Waals surface area contributed by atoms with E-state index in [4.69, 9.17) is 17.3 Å². The minimum Gasteiger partial charge on any atom is -0.324 e. The molecule has 0 amide bonds. The lowest BCUT2D eigenvalue weighted by Crippen LogP contribution is -2.15. The molecule has 0 radical (unpaired) electrons. The third-order valence-electron chi connectivity index (χ3n) is 2.33. The largest absolute Gasteiger partial charge is 0.324 e. The van der Waals surface area contributed by atoms with Gasteiger partial charge in [-0.1, -0.05) is 11.6 Å². The summed E-state index contributed by atoms with van der Waals surface area (Å²) in [6, 6.07) is 4.39. The Hall–Kier alpha value is -0.840. The molecule has 1 aromatic rings. The first-order valence-electron chi connectivity index (χ1n) is 4.44. The van der Waals surface area contributed by atoms with E-state index >= 15 is 0 Å². The van der Waals surface area contributed by atoms with Crippen molar-refractivity contribution in [3.05, 3.63) is 34.2 Å². The van der Waals surface area contributed by atoms with Gasteiger partial charge in [0.25, 0.3) is 0 Å². The van der Waals surface area contributed by atoms with Gasteiger partial charge in [-0.05, 0) is 30.7 Å². The molecule has 15 heavy (non-hydrogen) atoms. The predicted octanol–water partition coefficient (Wildman–Crippen LogP) is 1.82. The monoisotopic (exact) mass is 243 g/mol. The molecule has 80 valence electrons. The van der Waals surface area contributed by atoms with Crippen molar-refractivity contribution in [2.45, 2.75) is 17.9 Å². The second kappa shape index (κ2) is 3.33. The highest BCUT2D eigenvalue weighted by Crippen LogP contribution is 2.36. The average Bonchev–Trinajstić information content (AvgIpc) is 2.38. The van der Waals surface area contributed by atoms with Crippen molar-refractivity contribution in [3.63, 3.8) is 0 Å². The molecule has 2 N–H and O–H groups in total. The molecule has 3 nitrogen and oxygen atoms in total. The maximum atomic E-state index is 11.7. The molecule has 1 aliphatic rings. The Balaban J connectivity index is 2.74. The molecule has 0 saturated carbocycles. The van der Waals surface area contributed by atoms with E-state index in [9.17, 15) is 8.42 Å². The molecule has 1 aliphatic heterocycles. The maximum absolute atomic E-state index is 11.7. The summed E-state index contributed by atoms with van der Waals surface area (Å²) in [5.74, 6) is 0. The van der Waals surface area contributed by atoms with Crippen LogP contribution in [0.5, 0.6) is 0 Å². The number of fused-ring (bicyclic) bond motifs is 1. The Labute approximate surface area is 93.5 Å². The van der Waals surface area contributed by atoms with Crippen LogP contribution < -0.4 is 5.73 Å². The topological polar surface area (TPSA) is 60.2 Å². The van der Waals surface area contributed by atoms with Gasteiger partial charge in [-0.2, -0.15) is 0 Å². The molecular formula is C10H10ClNO2S.